The minimum Gasteiger partial charge on any atom is -0.497 e. The van der Waals surface area contributed by atoms with Crippen molar-refractivity contribution in [1.82, 2.24) is 4.98 Å². The van der Waals surface area contributed by atoms with Crippen LogP contribution in [0.3, 0.4) is 0 Å². The van der Waals surface area contributed by atoms with Crippen LogP contribution in [0.15, 0.2) is 41.4 Å². The lowest BCUT2D eigenvalue weighted by Gasteiger charge is -2.16. The summed E-state index contributed by atoms with van der Waals surface area (Å²) in [4.78, 5) is 10.3. The molecular formula is C20H18N2O4S. The van der Waals surface area contributed by atoms with Crippen LogP contribution in [0, 0.1) is 0 Å². The van der Waals surface area contributed by atoms with Gasteiger partial charge in [-0.2, -0.15) is 0 Å². The summed E-state index contributed by atoms with van der Waals surface area (Å²) in [6.45, 7) is 0.485. The first-order valence-electron chi connectivity index (χ1n) is 8.29. The number of fused-ring (bicyclic) bond motifs is 3. The first-order valence-corrected chi connectivity index (χ1v) is 9.10. The molecule has 4 rings (SSSR count). The van der Waals surface area contributed by atoms with Crippen molar-refractivity contribution in [3.05, 3.63) is 46.8 Å². The summed E-state index contributed by atoms with van der Waals surface area (Å²) in [6, 6.07) is 11.4. The lowest BCUT2D eigenvalue weighted by atomic mass is 10.1. The number of aliphatic imine (C=N–C) groups is 1. The zero-order chi connectivity index (χ0) is 18.8. The standard InChI is InChI=1S/C20H18N2O4S/c1-23-13-5-6-14-16(9-13)26-11-18-19(14)22-20(27-18)21-10-12-4-7-15(24-2)17(8-12)25-3/h4-10H,11H2,1-3H3. The van der Waals surface area contributed by atoms with Gasteiger partial charge >= 0.3 is 0 Å². The minimum absolute atomic E-state index is 0.485. The van der Waals surface area contributed by atoms with Gasteiger partial charge in [-0.25, -0.2) is 9.98 Å². The molecule has 1 aromatic heterocycles. The van der Waals surface area contributed by atoms with E-state index in [2.05, 4.69) is 9.98 Å². The Morgan fingerprint density at radius 3 is 2.67 bits per heavy atom. The van der Waals surface area contributed by atoms with Gasteiger partial charge in [-0.05, 0) is 35.9 Å². The molecule has 7 heteroatoms. The van der Waals surface area contributed by atoms with Crippen LogP contribution >= 0.6 is 11.3 Å². The Bertz CT molecular complexity index is 1010. The van der Waals surface area contributed by atoms with Crippen molar-refractivity contribution in [2.75, 3.05) is 21.3 Å². The number of hydrogen-bond acceptors (Lipinski definition) is 7. The molecule has 2 aromatic carbocycles. The number of nitrogens with zero attached hydrogens (tertiary/aromatic N) is 2. The molecule has 0 saturated carbocycles. The second kappa shape index (κ2) is 7.28. The monoisotopic (exact) mass is 382 g/mol. The van der Waals surface area contributed by atoms with E-state index in [0.717, 1.165) is 33.2 Å². The van der Waals surface area contributed by atoms with Gasteiger partial charge in [0.05, 0.1) is 31.9 Å². The Morgan fingerprint density at radius 1 is 1.04 bits per heavy atom. The van der Waals surface area contributed by atoms with Crippen LogP contribution in [0.4, 0.5) is 5.13 Å². The van der Waals surface area contributed by atoms with E-state index in [0.29, 0.717) is 23.2 Å². The molecular weight excluding hydrogens is 364 g/mol. The molecule has 1 aliphatic heterocycles. The van der Waals surface area contributed by atoms with Crippen molar-refractivity contribution in [3.8, 4) is 34.3 Å². The third kappa shape index (κ3) is 3.33. The van der Waals surface area contributed by atoms with Crippen LogP contribution in [0.5, 0.6) is 23.0 Å². The topological polar surface area (TPSA) is 62.2 Å². The SMILES string of the molecule is COc1ccc2c(c1)OCc1sc(N=Cc3ccc(OC)c(OC)c3)nc1-2. The number of rotatable bonds is 5. The van der Waals surface area contributed by atoms with E-state index < -0.39 is 0 Å². The summed E-state index contributed by atoms with van der Waals surface area (Å²) in [5, 5.41) is 0.682. The van der Waals surface area contributed by atoms with Gasteiger partial charge in [0.2, 0.25) is 5.13 Å². The maximum absolute atomic E-state index is 5.83. The number of aromatic nitrogens is 1. The largest absolute Gasteiger partial charge is 0.497 e. The zero-order valence-electron chi connectivity index (χ0n) is 15.2. The van der Waals surface area contributed by atoms with Crippen molar-refractivity contribution < 1.29 is 18.9 Å². The van der Waals surface area contributed by atoms with E-state index in [1.165, 1.54) is 11.3 Å². The molecule has 0 saturated heterocycles. The number of ether oxygens (including phenoxy) is 4. The molecule has 0 bridgehead atoms. The summed E-state index contributed by atoms with van der Waals surface area (Å²) in [5.74, 6) is 2.89. The highest BCUT2D eigenvalue weighted by Gasteiger charge is 2.22. The number of thiazole rings is 1. The minimum atomic E-state index is 0.485. The molecule has 2 heterocycles. The molecule has 0 fully saturated rings. The lowest BCUT2D eigenvalue weighted by Crippen LogP contribution is -2.03. The van der Waals surface area contributed by atoms with Gasteiger partial charge in [-0.3, -0.25) is 0 Å². The normalized spacial score (nSPS) is 12.3. The van der Waals surface area contributed by atoms with Crippen LogP contribution < -0.4 is 18.9 Å². The molecule has 0 atom stereocenters. The Hall–Kier alpha value is -3.06. The Morgan fingerprint density at radius 2 is 1.89 bits per heavy atom. The van der Waals surface area contributed by atoms with Gasteiger partial charge in [0.1, 0.15) is 18.1 Å². The van der Waals surface area contributed by atoms with E-state index in [1.54, 1.807) is 27.5 Å². The fourth-order valence-electron chi connectivity index (χ4n) is 2.85. The van der Waals surface area contributed by atoms with Gasteiger partial charge in [-0.15, -0.1) is 0 Å². The smallest absolute Gasteiger partial charge is 0.210 e. The highest BCUT2D eigenvalue weighted by atomic mass is 32.1. The average molecular weight is 382 g/mol. The number of methoxy groups -OCH3 is 3. The third-order valence-corrected chi connectivity index (χ3v) is 5.16. The van der Waals surface area contributed by atoms with Crippen molar-refractivity contribution >= 4 is 22.7 Å². The van der Waals surface area contributed by atoms with E-state index in [4.69, 9.17) is 18.9 Å². The molecule has 0 N–H and O–H groups in total. The van der Waals surface area contributed by atoms with E-state index in [1.807, 2.05) is 36.4 Å². The highest BCUT2D eigenvalue weighted by molar-refractivity contribution is 7.15. The van der Waals surface area contributed by atoms with Crippen molar-refractivity contribution in [1.29, 1.82) is 0 Å². The van der Waals surface area contributed by atoms with Crippen LogP contribution in [0.1, 0.15) is 10.4 Å². The molecule has 27 heavy (non-hydrogen) atoms. The first kappa shape index (κ1) is 17.4. The summed E-state index contributed by atoms with van der Waals surface area (Å²) in [5.41, 5.74) is 2.78. The van der Waals surface area contributed by atoms with E-state index in [-0.39, 0.29) is 0 Å². The van der Waals surface area contributed by atoms with Crippen LogP contribution in [-0.2, 0) is 6.61 Å². The molecule has 0 spiro atoms. The van der Waals surface area contributed by atoms with Crippen molar-refractivity contribution in [2.45, 2.75) is 6.61 Å². The summed E-state index contributed by atoms with van der Waals surface area (Å²) >= 11 is 1.52. The highest BCUT2D eigenvalue weighted by Crippen LogP contribution is 2.43. The molecule has 0 amide bonds. The summed E-state index contributed by atoms with van der Waals surface area (Å²) in [6.07, 6.45) is 1.77. The van der Waals surface area contributed by atoms with Gasteiger partial charge in [0.15, 0.2) is 11.5 Å². The summed E-state index contributed by atoms with van der Waals surface area (Å²) < 4.78 is 21.7. The molecule has 1 aliphatic rings. The van der Waals surface area contributed by atoms with Crippen molar-refractivity contribution in [2.24, 2.45) is 4.99 Å². The van der Waals surface area contributed by atoms with Crippen molar-refractivity contribution in [3.63, 3.8) is 0 Å². The van der Waals surface area contributed by atoms with Gasteiger partial charge in [0, 0.05) is 17.8 Å². The number of benzene rings is 2. The second-order valence-electron chi connectivity index (χ2n) is 5.79. The van der Waals surface area contributed by atoms with Gasteiger partial charge in [0.25, 0.3) is 0 Å². The molecule has 0 aliphatic carbocycles. The van der Waals surface area contributed by atoms with Crippen LogP contribution in [0.2, 0.25) is 0 Å². The summed E-state index contributed by atoms with van der Waals surface area (Å²) in [7, 11) is 4.86. The molecule has 6 nitrogen and oxygen atoms in total. The predicted molar refractivity (Wildman–Crippen MR) is 105 cm³/mol. The maximum Gasteiger partial charge on any atom is 0.210 e. The Labute approximate surface area is 161 Å². The van der Waals surface area contributed by atoms with Gasteiger partial charge in [-0.1, -0.05) is 11.3 Å². The molecule has 3 aromatic rings. The lowest BCUT2D eigenvalue weighted by molar-refractivity contribution is 0.303. The van der Waals surface area contributed by atoms with Crippen LogP contribution in [-0.4, -0.2) is 32.5 Å². The third-order valence-electron chi connectivity index (χ3n) is 4.22. The van der Waals surface area contributed by atoms with Crippen LogP contribution in [0.25, 0.3) is 11.3 Å². The predicted octanol–water partition coefficient (Wildman–Crippen LogP) is 4.48. The first-order chi connectivity index (χ1) is 13.2. The zero-order valence-corrected chi connectivity index (χ0v) is 16.0. The quantitative estimate of drug-likeness (QED) is 0.609. The molecule has 0 radical (unpaired) electrons. The average Bonchev–Trinajstić information content (AvgIpc) is 3.15. The molecule has 0 unspecified atom stereocenters. The van der Waals surface area contributed by atoms with E-state index >= 15 is 0 Å². The fraction of sp³-hybridized carbons (Fsp3) is 0.200. The fourth-order valence-corrected chi connectivity index (χ4v) is 3.69. The maximum atomic E-state index is 5.83. The Balaban J connectivity index is 1.62. The molecule has 138 valence electrons. The van der Waals surface area contributed by atoms with Gasteiger partial charge < -0.3 is 18.9 Å². The Kier molecular flexibility index (Phi) is 4.68. The number of hydrogen-bond donors (Lipinski definition) is 0. The van der Waals surface area contributed by atoms with E-state index in [9.17, 15) is 0 Å². The second-order valence-corrected chi connectivity index (χ2v) is 6.85.